The number of esters is 1. The molecule has 3 aromatic carbocycles. The normalized spacial score (nSPS) is 19.3. The van der Waals surface area contributed by atoms with Crippen LogP contribution < -0.4 is 15.5 Å². The number of carbonyl (C=O) groups excluding carboxylic acids is 2. The van der Waals surface area contributed by atoms with Crippen molar-refractivity contribution in [2.75, 3.05) is 25.1 Å². The third-order valence-electron chi connectivity index (χ3n) is 6.58. The standard InChI is InChI=1S/C26H22Cl3N3O3/c1-35-25(33)19-12-30-11-17(19)14-9-16(15-5-2-3-6-20(15)27)18-13-31-26(34)32(23(18)10-14)24-21(28)7-4-8-22(24)29/h2-10,17,19,30H,11-13H2,1H3,(H,31,34)/t17?,19-/m0/s1. The Morgan fingerprint density at radius 1 is 0.971 bits per heavy atom. The molecule has 3 aromatic rings. The number of hydrogen-bond donors (Lipinski definition) is 2. The molecule has 35 heavy (non-hydrogen) atoms. The molecule has 1 saturated heterocycles. The first-order valence-corrected chi connectivity index (χ1v) is 12.3. The zero-order valence-electron chi connectivity index (χ0n) is 18.8. The van der Waals surface area contributed by atoms with Crippen LogP contribution >= 0.6 is 34.8 Å². The van der Waals surface area contributed by atoms with Crippen LogP contribution in [0.1, 0.15) is 17.0 Å². The van der Waals surface area contributed by atoms with E-state index in [1.807, 2.05) is 30.3 Å². The van der Waals surface area contributed by atoms with Gasteiger partial charge in [0.05, 0.1) is 34.4 Å². The number of methoxy groups -OCH3 is 1. The summed E-state index contributed by atoms with van der Waals surface area (Å²) >= 11 is 19.7. The summed E-state index contributed by atoms with van der Waals surface area (Å²) in [5.41, 5.74) is 4.50. The van der Waals surface area contributed by atoms with Crippen molar-refractivity contribution in [3.8, 4) is 11.1 Å². The van der Waals surface area contributed by atoms with Crippen LogP contribution in [-0.4, -0.2) is 32.2 Å². The Morgan fingerprint density at radius 2 is 1.69 bits per heavy atom. The summed E-state index contributed by atoms with van der Waals surface area (Å²) < 4.78 is 5.06. The van der Waals surface area contributed by atoms with Gasteiger partial charge in [0.15, 0.2) is 0 Å². The molecular formula is C26H22Cl3N3O3. The molecular weight excluding hydrogens is 509 g/mol. The molecule has 0 spiro atoms. The van der Waals surface area contributed by atoms with E-state index in [4.69, 9.17) is 39.5 Å². The van der Waals surface area contributed by atoms with Gasteiger partial charge in [-0.15, -0.1) is 0 Å². The van der Waals surface area contributed by atoms with Gasteiger partial charge in [-0.3, -0.25) is 9.69 Å². The smallest absolute Gasteiger partial charge is 0.326 e. The van der Waals surface area contributed by atoms with Gasteiger partial charge in [-0.1, -0.05) is 65.1 Å². The monoisotopic (exact) mass is 529 g/mol. The van der Waals surface area contributed by atoms with E-state index in [1.54, 1.807) is 18.2 Å². The average Bonchev–Trinajstić information content (AvgIpc) is 3.34. The molecule has 2 N–H and O–H groups in total. The van der Waals surface area contributed by atoms with E-state index in [9.17, 15) is 9.59 Å². The number of carbonyl (C=O) groups is 2. The molecule has 2 atom stereocenters. The molecule has 0 saturated carbocycles. The van der Waals surface area contributed by atoms with Gasteiger partial charge in [0, 0.05) is 41.7 Å². The fraction of sp³-hybridized carbons (Fsp3) is 0.231. The highest BCUT2D eigenvalue weighted by Crippen LogP contribution is 2.46. The number of anilines is 2. The second kappa shape index (κ2) is 9.70. The van der Waals surface area contributed by atoms with E-state index in [0.717, 1.165) is 22.3 Å². The molecule has 1 unspecified atom stereocenters. The van der Waals surface area contributed by atoms with Crippen LogP contribution in [0.2, 0.25) is 15.1 Å². The Hall–Kier alpha value is -2.77. The number of amides is 2. The quantitative estimate of drug-likeness (QED) is 0.397. The third-order valence-corrected chi connectivity index (χ3v) is 7.52. The van der Waals surface area contributed by atoms with Crippen molar-refractivity contribution in [3.05, 3.63) is 80.8 Å². The van der Waals surface area contributed by atoms with E-state index in [2.05, 4.69) is 16.7 Å². The largest absolute Gasteiger partial charge is 0.469 e. The second-order valence-electron chi connectivity index (χ2n) is 8.50. The Labute approximate surface area is 218 Å². The fourth-order valence-corrected chi connectivity index (χ4v) is 5.71. The van der Waals surface area contributed by atoms with Crippen molar-refractivity contribution in [2.45, 2.75) is 12.5 Å². The SMILES string of the molecule is COC(=O)[C@H]1CNCC1c1cc(-c2ccccc2Cl)c2c(c1)N(c1c(Cl)cccc1Cl)C(=O)NC2. The van der Waals surface area contributed by atoms with Gasteiger partial charge in [0.1, 0.15) is 0 Å². The minimum atomic E-state index is -0.355. The van der Waals surface area contributed by atoms with Crippen molar-refractivity contribution >= 4 is 58.2 Å². The van der Waals surface area contributed by atoms with Gasteiger partial charge < -0.3 is 15.4 Å². The van der Waals surface area contributed by atoms with Crippen molar-refractivity contribution in [2.24, 2.45) is 5.92 Å². The number of nitrogens with one attached hydrogen (secondary N) is 2. The van der Waals surface area contributed by atoms with E-state index in [1.165, 1.54) is 12.0 Å². The molecule has 0 radical (unpaired) electrons. The molecule has 1 fully saturated rings. The van der Waals surface area contributed by atoms with E-state index in [-0.39, 0.29) is 23.8 Å². The summed E-state index contributed by atoms with van der Waals surface area (Å²) in [5.74, 6) is -0.782. The van der Waals surface area contributed by atoms with Gasteiger partial charge in [-0.2, -0.15) is 0 Å². The lowest BCUT2D eigenvalue weighted by Gasteiger charge is -2.34. The molecule has 2 heterocycles. The highest BCUT2D eigenvalue weighted by molar-refractivity contribution is 6.40. The first kappa shape index (κ1) is 23.9. The Kier molecular flexibility index (Phi) is 6.64. The molecule has 5 rings (SSSR count). The summed E-state index contributed by atoms with van der Waals surface area (Å²) in [7, 11) is 1.39. The number of urea groups is 1. The summed E-state index contributed by atoms with van der Waals surface area (Å²) in [6.07, 6.45) is 0. The maximum absolute atomic E-state index is 13.2. The maximum Gasteiger partial charge on any atom is 0.326 e. The number of benzene rings is 3. The van der Waals surface area contributed by atoms with Crippen molar-refractivity contribution in [1.29, 1.82) is 0 Å². The van der Waals surface area contributed by atoms with Crippen LogP contribution in [0.3, 0.4) is 0 Å². The predicted octanol–water partition coefficient (Wildman–Crippen LogP) is 6.15. The molecule has 2 aliphatic heterocycles. The lowest BCUT2D eigenvalue weighted by atomic mass is 9.84. The van der Waals surface area contributed by atoms with Crippen molar-refractivity contribution in [1.82, 2.24) is 10.6 Å². The van der Waals surface area contributed by atoms with Gasteiger partial charge in [-0.25, -0.2) is 4.79 Å². The zero-order valence-corrected chi connectivity index (χ0v) is 21.0. The minimum absolute atomic E-state index is 0.150. The maximum atomic E-state index is 13.2. The second-order valence-corrected chi connectivity index (χ2v) is 9.73. The Morgan fingerprint density at radius 3 is 2.40 bits per heavy atom. The fourth-order valence-electron chi connectivity index (χ4n) is 4.90. The molecule has 180 valence electrons. The third kappa shape index (κ3) is 4.25. The molecule has 2 amide bonds. The Bertz CT molecular complexity index is 1310. The number of halogens is 3. The topological polar surface area (TPSA) is 70.7 Å². The van der Waals surface area contributed by atoms with Gasteiger partial charge in [0.2, 0.25) is 0 Å². The van der Waals surface area contributed by atoms with Crippen LogP contribution in [0.15, 0.2) is 54.6 Å². The van der Waals surface area contributed by atoms with Crippen molar-refractivity contribution < 1.29 is 14.3 Å². The first-order chi connectivity index (χ1) is 16.9. The minimum Gasteiger partial charge on any atom is -0.469 e. The number of hydrogen-bond acceptors (Lipinski definition) is 4. The van der Waals surface area contributed by atoms with Gasteiger partial charge >= 0.3 is 12.0 Å². The van der Waals surface area contributed by atoms with E-state index < -0.39 is 0 Å². The molecule has 2 aliphatic rings. The van der Waals surface area contributed by atoms with Crippen LogP contribution in [-0.2, 0) is 16.1 Å². The number of para-hydroxylation sites is 1. The highest BCUT2D eigenvalue weighted by Gasteiger charge is 2.37. The molecule has 0 bridgehead atoms. The summed E-state index contributed by atoms with van der Waals surface area (Å²) in [6, 6.07) is 16.3. The first-order valence-electron chi connectivity index (χ1n) is 11.1. The lowest BCUT2D eigenvalue weighted by molar-refractivity contribution is -0.145. The van der Waals surface area contributed by atoms with Crippen LogP contribution in [0, 0.1) is 5.92 Å². The van der Waals surface area contributed by atoms with Crippen LogP contribution in [0.4, 0.5) is 16.2 Å². The number of fused-ring (bicyclic) bond motifs is 1. The van der Waals surface area contributed by atoms with Crippen LogP contribution in [0.25, 0.3) is 11.1 Å². The zero-order chi connectivity index (χ0) is 24.7. The number of rotatable bonds is 4. The predicted molar refractivity (Wildman–Crippen MR) is 139 cm³/mol. The molecule has 0 aliphatic carbocycles. The highest BCUT2D eigenvalue weighted by atomic mass is 35.5. The molecule has 9 heteroatoms. The lowest BCUT2D eigenvalue weighted by Crippen LogP contribution is -2.42. The van der Waals surface area contributed by atoms with E-state index >= 15 is 0 Å². The number of ether oxygens (including phenoxy) is 1. The average molecular weight is 531 g/mol. The van der Waals surface area contributed by atoms with Crippen molar-refractivity contribution in [3.63, 3.8) is 0 Å². The summed E-state index contributed by atoms with van der Waals surface area (Å²) in [5, 5.41) is 7.51. The Balaban J connectivity index is 1.77. The van der Waals surface area contributed by atoms with Gasteiger partial charge in [0.25, 0.3) is 0 Å². The molecule has 0 aromatic heterocycles. The summed E-state index contributed by atoms with van der Waals surface area (Å²) in [4.78, 5) is 27.2. The van der Waals surface area contributed by atoms with Crippen LogP contribution in [0.5, 0.6) is 0 Å². The number of nitrogens with zero attached hydrogens (tertiary/aromatic N) is 1. The summed E-state index contributed by atoms with van der Waals surface area (Å²) in [6.45, 7) is 1.41. The van der Waals surface area contributed by atoms with E-state index in [0.29, 0.717) is 46.1 Å². The molecule has 6 nitrogen and oxygen atoms in total. The van der Waals surface area contributed by atoms with Gasteiger partial charge in [-0.05, 0) is 35.4 Å².